The Morgan fingerprint density at radius 3 is 1.47 bits per heavy atom. The normalized spacial score (nSPS) is 9.26. The van der Waals surface area contributed by atoms with Crippen LogP contribution in [0.1, 0.15) is 19.3 Å². The minimum atomic E-state index is -0.272. The molecule has 0 atom stereocenters. The van der Waals surface area contributed by atoms with Crippen molar-refractivity contribution in [2.75, 3.05) is 37.9 Å². The Bertz CT molecular complexity index is 203. The highest BCUT2D eigenvalue weighted by atomic mass is 32.1. The molecule has 0 unspecified atom stereocenters. The van der Waals surface area contributed by atoms with Crippen molar-refractivity contribution in [3.05, 3.63) is 0 Å². The van der Waals surface area contributed by atoms with E-state index in [0.29, 0.717) is 30.8 Å². The van der Waals surface area contributed by atoms with Gasteiger partial charge in [0.05, 0.1) is 39.3 Å². The molecule has 0 fully saturated rings. The Labute approximate surface area is 124 Å². The zero-order chi connectivity index (χ0) is 14.9. The van der Waals surface area contributed by atoms with Gasteiger partial charge in [-0.3, -0.25) is 9.59 Å². The summed E-state index contributed by atoms with van der Waals surface area (Å²) in [5, 5.41) is 15.2. The average molecular weight is 314 g/mol. The van der Waals surface area contributed by atoms with Gasteiger partial charge in [-0.1, -0.05) is 0 Å². The van der Waals surface area contributed by atoms with Crippen LogP contribution in [-0.2, 0) is 19.1 Å². The monoisotopic (exact) mass is 314 g/mol. The van der Waals surface area contributed by atoms with Crippen LogP contribution < -0.4 is 0 Å². The van der Waals surface area contributed by atoms with Crippen LogP contribution in [-0.4, -0.2) is 60.1 Å². The van der Waals surface area contributed by atoms with E-state index in [1.54, 1.807) is 0 Å². The summed E-state index contributed by atoms with van der Waals surface area (Å²) in [5.74, 6) is 0.421. The second kappa shape index (κ2) is 17.6. The molecule has 0 saturated heterocycles. The average Bonchev–Trinajstić information content (AvgIpc) is 2.39. The Kier molecular flexibility index (Phi) is 19.3. The highest BCUT2D eigenvalue weighted by Gasteiger charge is 2.02. The van der Waals surface area contributed by atoms with E-state index in [-0.39, 0.29) is 38.4 Å². The third-order valence-corrected chi connectivity index (χ3v) is 1.99. The fraction of sp³-hybridized carbons (Fsp3) is 0.818. The van der Waals surface area contributed by atoms with Crippen molar-refractivity contribution in [3.8, 4) is 0 Å². The first-order chi connectivity index (χ1) is 9.12. The Hall–Kier alpha value is -0.440. The third-order valence-electron chi connectivity index (χ3n) is 1.55. The largest absolute Gasteiger partial charge is 0.466 e. The van der Waals surface area contributed by atoms with Crippen LogP contribution in [0.3, 0.4) is 0 Å². The van der Waals surface area contributed by atoms with Gasteiger partial charge < -0.3 is 19.7 Å². The van der Waals surface area contributed by atoms with Crippen molar-refractivity contribution < 1.29 is 29.3 Å². The first kappa shape index (κ1) is 20.9. The van der Waals surface area contributed by atoms with Crippen molar-refractivity contribution in [1.29, 1.82) is 0 Å². The molecule has 0 bridgehead atoms. The summed E-state index contributed by atoms with van der Waals surface area (Å²) >= 11 is 7.79. The number of hydrogen-bond acceptors (Lipinski definition) is 8. The van der Waals surface area contributed by atoms with Gasteiger partial charge in [0.2, 0.25) is 0 Å². The van der Waals surface area contributed by atoms with Crippen LogP contribution in [0, 0.1) is 0 Å². The van der Waals surface area contributed by atoms with E-state index >= 15 is 0 Å². The summed E-state index contributed by atoms with van der Waals surface area (Å²) in [6.07, 6.45) is 1.14. The molecule has 114 valence electrons. The summed E-state index contributed by atoms with van der Waals surface area (Å²) in [5.41, 5.74) is 0. The molecular weight excluding hydrogens is 292 g/mol. The number of carbonyl (C=O) groups excluding carboxylic acids is 2. The van der Waals surface area contributed by atoms with Gasteiger partial charge in [0, 0.05) is 17.9 Å². The molecule has 0 aliphatic rings. The number of aliphatic hydroxyl groups excluding tert-OH is 2. The molecule has 0 rings (SSSR count). The highest BCUT2D eigenvalue weighted by molar-refractivity contribution is 7.80. The minimum absolute atomic E-state index is 0.125. The van der Waals surface area contributed by atoms with E-state index in [2.05, 4.69) is 25.3 Å². The number of ether oxygens (including phenoxy) is 2. The molecule has 2 N–H and O–H groups in total. The zero-order valence-electron chi connectivity index (χ0n) is 10.8. The van der Waals surface area contributed by atoms with E-state index in [1.807, 2.05) is 0 Å². The van der Waals surface area contributed by atoms with Crippen LogP contribution in [0.2, 0.25) is 0 Å². The lowest BCUT2D eigenvalue weighted by Crippen LogP contribution is -2.11. The van der Waals surface area contributed by atoms with Crippen LogP contribution in [0.25, 0.3) is 0 Å². The van der Waals surface area contributed by atoms with Crippen LogP contribution >= 0.6 is 25.3 Å². The standard InChI is InChI=1S/C9H16O4S2.C2H6O2/c10-8(2-6-14)12-4-1-5-13-9(11)3-7-15;3-1-2-4/h14-15H,1-7H2;3-4H,1-2H2. The lowest BCUT2D eigenvalue weighted by atomic mass is 10.4. The summed E-state index contributed by atoms with van der Waals surface area (Å²) in [4.78, 5) is 21.7. The number of hydrogen-bond donors (Lipinski definition) is 4. The predicted octanol–water partition coefficient (Wildman–Crippen LogP) is 0.0737. The van der Waals surface area contributed by atoms with Gasteiger partial charge in [-0.2, -0.15) is 25.3 Å². The lowest BCUT2D eigenvalue weighted by Gasteiger charge is -2.04. The Morgan fingerprint density at radius 1 is 0.842 bits per heavy atom. The van der Waals surface area contributed by atoms with Gasteiger partial charge in [-0.25, -0.2) is 0 Å². The molecule has 0 aromatic rings. The van der Waals surface area contributed by atoms with Crippen molar-refractivity contribution in [1.82, 2.24) is 0 Å². The molecule has 0 amide bonds. The second-order valence-electron chi connectivity index (χ2n) is 3.19. The molecule has 0 aromatic heterocycles. The Morgan fingerprint density at radius 2 is 1.21 bits per heavy atom. The summed E-state index contributed by atoms with van der Waals surface area (Å²) in [6, 6.07) is 0. The first-order valence-electron chi connectivity index (χ1n) is 5.87. The number of rotatable bonds is 9. The predicted molar refractivity (Wildman–Crippen MR) is 77.6 cm³/mol. The molecule has 0 saturated carbocycles. The fourth-order valence-electron chi connectivity index (χ4n) is 0.758. The van der Waals surface area contributed by atoms with Crippen molar-refractivity contribution in [2.45, 2.75) is 19.3 Å². The highest BCUT2D eigenvalue weighted by Crippen LogP contribution is 1.94. The quantitative estimate of drug-likeness (QED) is 0.273. The number of thiol groups is 2. The van der Waals surface area contributed by atoms with Crippen molar-refractivity contribution >= 4 is 37.2 Å². The zero-order valence-corrected chi connectivity index (χ0v) is 12.6. The number of esters is 2. The molecule has 0 aromatic carbocycles. The molecule has 19 heavy (non-hydrogen) atoms. The number of carbonyl (C=O) groups is 2. The maximum Gasteiger partial charge on any atom is 0.306 e. The minimum Gasteiger partial charge on any atom is -0.466 e. The fourth-order valence-corrected chi connectivity index (χ4v) is 1.12. The van der Waals surface area contributed by atoms with Crippen molar-refractivity contribution in [3.63, 3.8) is 0 Å². The van der Waals surface area contributed by atoms with Gasteiger partial charge in [0.1, 0.15) is 0 Å². The molecule has 0 spiro atoms. The molecule has 6 nitrogen and oxygen atoms in total. The summed E-state index contributed by atoms with van der Waals surface area (Å²) in [6.45, 7) is 0.307. The van der Waals surface area contributed by atoms with E-state index < -0.39 is 0 Å². The van der Waals surface area contributed by atoms with Crippen molar-refractivity contribution in [2.24, 2.45) is 0 Å². The summed E-state index contributed by atoms with van der Waals surface area (Å²) < 4.78 is 9.66. The van der Waals surface area contributed by atoms with Crippen LogP contribution in [0.15, 0.2) is 0 Å². The maximum atomic E-state index is 10.9. The SMILES string of the molecule is O=C(CCS)OCCCOC(=O)CCS.OCCO. The maximum absolute atomic E-state index is 10.9. The first-order valence-corrected chi connectivity index (χ1v) is 7.13. The molecule has 0 aliphatic heterocycles. The molecule has 8 heteroatoms. The third kappa shape index (κ3) is 20.1. The van der Waals surface area contributed by atoms with Gasteiger partial charge in [-0.15, -0.1) is 0 Å². The van der Waals surface area contributed by atoms with Gasteiger partial charge >= 0.3 is 11.9 Å². The number of aliphatic hydroxyl groups is 2. The Balaban J connectivity index is 0. The summed E-state index contributed by atoms with van der Waals surface area (Å²) in [7, 11) is 0. The molecule has 0 aliphatic carbocycles. The van der Waals surface area contributed by atoms with Gasteiger partial charge in [0.25, 0.3) is 0 Å². The second-order valence-corrected chi connectivity index (χ2v) is 4.08. The van der Waals surface area contributed by atoms with Gasteiger partial charge in [0.15, 0.2) is 0 Å². The topological polar surface area (TPSA) is 93.1 Å². The van der Waals surface area contributed by atoms with Crippen LogP contribution in [0.5, 0.6) is 0 Å². The molecule has 0 radical (unpaired) electrons. The lowest BCUT2D eigenvalue weighted by molar-refractivity contribution is -0.145. The molecule has 0 heterocycles. The van der Waals surface area contributed by atoms with Gasteiger partial charge in [-0.05, 0) is 0 Å². The van der Waals surface area contributed by atoms with E-state index in [0.717, 1.165) is 0 Å². The van der Waals surface area contributed by atoms with E-state index in [9.17, 15) is 9.59 Å². The smallest absolute Gasteiger partial charge is 0.306 e. The van der Waals surface area contributed by atoms with Crippen LogP contribution in [0.4, 0.5) is 0 Å². The van der Waals surface area contributed by atoms with E-state index in [1.165, 1.54) is 0 Å². The van der Waals surface area contributed by atoms with E-state index in [4.69, 9.17) is 19.7 Å². The molecular formula is C11H22O6S2.